The maximum atomic E-state index is 13.4. The van der Waals surface area contributed by atoms with Crippen molar-refractivity contribution in [2.75, 3.05) is 25.1 Å². The minimum absolute atomic E-state index is 0.0208. The topological polar surface area (TPSA) is 45.7 Å². The molecule has 0 bridgehead atoms. The lowest BCUT2D eigenvalue weighted by molar-refractivity contribution is -0.137. The van der Waals surface area contributed by atoms with Crippen molar-refractivity contribution in [3.05, 3.63) is 53.7 Å². The zero-order valence-corrected chi connectivity index (χ0v) is 17.4. The third kappa shape index (κ3) is 4.94. The number of amides is 1. The van der Waals surface area contributed by atoms with Gasteiger partial charge in [0.05, 0.1) is 18.6 Å². The average molecular weight is 433 g/mol. The standard InChI is InChI=1S/C23H26F3N3O2/c1-31-19-10-6-16(7-11-19)14-29(18-8-9-18)22(30)17-4-3-13-28(15-17)21-20(23(24,25)26)5-2-12-27-21/h2,5-7,10-12,17-18H,3-4,8-9,13-15H2,1H3. The van der Waals surface area contributed by atoms with E-state index < -0.39 is 11.7 Å². The van der Waals surface area contributed by atoms with E-state index in [0.717, 1.165) is 30.2 Å². The molecule has 2 aliphatic rings. The number of halogens is 3. The number of piperidine rings is 1. The number of alkyl halides is 3. The number of aromatic nitrogens is 1. The number of hydrogen-bond acceptors (Lipinski definition) is 4. The molecule has 0 spiro atoms. The van der Waals surface area contributed by atoms with Gasteiger partial charge in [0.1, 0.15) is 11.6 Å². The summed E-state index contributed by atoms with van der Waals surface area (Å²) in [5.41, 5.74) is 0.262. The molecular formula is C23H26F3N3O2. The van der Waals surface area contributed by atoms with Crippen LogP contribution in [0.5, 0.6) is 5.75 Å². The number of methoxy groups -OCH3 is 1. The van der Waals surface area contributed by atoms with E-state index in [1.54, 1.807) is 12.0 Å². The first kappa shape index (κ1) is 21.5. The Balaban J connectivity index is 1.50. The SMILES string of the molecule is COc1ccc(CN(C(=O)C2CCCN(c3ncccc3C(F)(F)F)C2)C2CC2)cc1. The molecule has 0 radical (unpaired) electrons. The molecule has 2 heterocycles. The van der Waals surface area contributed by atoms with Gasteiger partial charge in [0.15, 0.2) is 0 Å². The van der Waals surface area contributed by atoms with Crippen molar-refractivity contribution in [1.82, 2.24) is 9.88 Å². The first-order valence-corrected chi connectivity index (χ1v) is 10.6. The van der Waals surface area contributed by atoms with Gasteiger partial charge in [-0.25, -0.2) is 4.98 Å². The van der Waals surface area contributed by atoms with Crippen molar-refractivity contribution in [1.29, 1.82) is 0 Å². The van der Waals surface area contributed by atoms with Gasteiger partial charge in [-0.3, -0.25) is 4.79 Å². The van der Waals surface area contributed by atoms with E-state index in [4.69, 9.17) is 4.74 Å². The zero-order valence-electron chi connectivity index (χ0n) is 17.4. The second-order valence-electron chi connectivity index (χ2n) is 8.20. The van der Waals surface area contributed by atoms with Crippen LogP contribution in [0.15, 0.2) is 42.6 Å². The van der Waals surface area contributed by atoms with Gasteiger partial charge < -0.3 is 14.5 Å². The number of anilines is 1. The van der Waals surface area contributed by atoms with Crippen molar-refractivity contribution >= 4 is 11.7 Å². The zero-order chi connectivity index (χ0) is 22.0. The maximum Gasteiger partial charge on any atom is 0.419 e. The molecular weight excluding hydrogens is 407 g/mol. The molecule has 0 N–H and O–H groups in total. The van der Waals surface area contributed by atoms with Crippen molar-refractivity contribution in [2.45, 2.75) is 44.4 Å². The summed E-state index contributed by atoms with van der Waals surface area (Å²) < 4.78 is 45.5. The molecule has 166 valence electrons. The Morgan fingerprint density at radius 2 is 1.94 bits per heavy atom. The molecule has 31 heavy (non-hydrogen) atoms. The van der Waals surface area contributed by atoms with Gasteiger partial charge in [-0.05, 0) is 55.5 Å². The van der Waals surface area contributed by atoms with Crippen LogP contribution in [0, 0.1) is 5.92 Å². The number of carbonyl (C=O) groups is 1. The van der Waals surface area contributed by atoms with Gasteiger partial charge in [-0.2, -0.15) is 13.2 Å². The second-order valence-corrected chi connectivity index (χ2v) is 8.20. The Labute approximate surface area is 179 Å². The molecule has 1 saturated heterocycles. The predicted octanol–water partition coefficient (Wildman–Crippen LogP) is 4.52. The molecule has 1 aromatic heterocycles. The normalized spacial score (nSPS) is 19.2. The van der Waals surface area contributed by atoms with E-state index >= 15 is 0 Å². The van der Waals surface area contributed by atoms with Crippen LogP contribution < -0.4 is 9.64 Å². The lowest BCUT2D eigenvalue weighted by Crippen LogP contribution is -2.46. The van der Waals surface area contributed by atoms with Crippen molar-refractivity contribution < 1.29 is 22.7 Å². The smallest absolute Gasteiger partial charge is 0.419 e. The molecule has 1 aliphatic carbocycles. The van der Waals surface area contributed by atoms with Crippen LogP contribution in [-0.2, 0) is 17.5 Å². The monoisotopic (exact) mass is 433 g/mol. The minimum atomic E-state index is -4.48. The van der Waals surface area contributed by atoms with E-state index in [1.165, 1.54) is 12.3 Å². The molecule has 2 aromatic rings. The Hall–Kier alpha value is -2.77. The number of carbonyl (C=O) groups excluding carboxylic acids is 1. The highest BCUT2D eigenvalue weighted by Crippen LogP contribution is 2.37. The fourth-order valence-electron chi connectivity index (χ4n) is 4.18. The van der Waals surface area contributed by atoms with Crippen LogP contribution in [0.25, 0.3) is 0 Å². The summed E-state index contributed by atoms with van der Waals surface area (Å²) >= 11 is 0. The first-order valence-electron chi connectivity index (χ1n) is 10.6. The fraction of sp³-hybridized carbons (Fsp3) is 0.478. The highest BCUT2D eigenvalue weighted by molar-refractivity contribution is 5.80. The molecule has 2 fully saturated rings. The Kier molecular flexibility index (Phi) is 6.07. The Morgan fingerprint density at radius 3 is 2.58 bits per heavy atom. The molecule has 1 aromatic carbocycles. The van der Waals surface area contributed by atoms with Gasteiger partial charge in [-0.15, -0.1) is 0 Å². The number of benzene rings is 1. The quantitative estimate of drug-likeness (QED) is 0.672. The minimum Gasteiger partial charge on any atom is -0.497 e. The van der Waals surface area contributed by atoms with Gasteiger partial charge in [0.25, 0.3) is 0 Å². The maximum absolute atomic E-state index is 13.4. The summed E-state index contributed by atoms with van der Waals surface area (Å²) in [6.07, 6.45) is 0.166. The second kappa shape index (κ2) is 8.77. The van der Waals surface area contributed by atoms with Crippen molar-refractivity contribution in [2.24, 2.45) is 5.92 Å². The summed E-state index contributed by atoms with van der Waals surface area (Å²) in [5, 5.41) is 0. The lowest BCUT2D eigenvalue weighted by Gasteiger charge is -2.36. The lowest BCUT2D eigenvalue weighted by atomic mass is 9.95. The van der Waals surface area contributed by atoms with Crippen LogP contribution in [0.4, 0.5) is 19.0 Å². The highest BCUT2D eigenvalue weighted by atomic mass is 19.4. The largest absolute Gasteiger partial charge is 0.497 e. The number of hydrogen-bond donors (Lipinski definition) is 0. The summed E-state index contributed by atoms with van der Waals surface area (Å²) in [7, 11) is 1.61. The van der Waals surface area contributed by atoms with Crippen molar-refractivity contribution in [3.63, 3.8) is 0 Å². The van der Waals surface area contributed by atoms with Gasteiger partial charge in [0, 0.05) is 31.9 Å². The fourth-order valence-corrected chi connectivity index (χ4v) is 4.18. The van der Waals surface area contributed by atoms with Crippen LogP contribution in [0.2, 0.25) is 0 Å². The van der Waals surface area contributed by atoms with Crippen LogP contribution in [-0.4, -0.2) is 42.0 Å². The molecule has 4 rings (SSSR count). The summed E-state index contributed by atoms with van der Waals surface area (Å²) in [5.74, 6) is 0.357. The highest BCUT2D eigenvalue weighted by Gasteiger charge is 2.40. The summed E-state index contributed by atoms with van der Waals surface area (Å²) in [6, 6.07) is 10.2. The van der Waals surface area contributed by atoms with Gasteiger partial charge in [0.2, 0.25) is 5.91 Å². The van der Waals surface area contributed by atoms with Gasteiger partial charge >= 0.3 is 6.18 Å². The van der Waals surface area contributed by atoms with E-state index in [2.05, 4.69) is 4.98 Å². The van der Waals surface area contributed by atoms with Crippen molar-refractivity contribution in [3.8, 4) is 5.75 Å². The third-order valence-corrected chi connectivity index (χ3v) is 5.94. The molecule has 1 aliphatic heterocycles. The predicted molar refractivity (Wildman–Crippen MR) is 111 cm³/mol. The van der Waals surface area contributed by atoms with Crippen LogP contribution in [0.1, 0.15) is 36.8 Å². The molecule has 1 atom stereocenters. The average Bonchev–Trinajstić information content (AvgIpc) is 3.62. The third-order valence-electron chi connectivity index (χ3n) is 5.94. The molecule has 1 unspecified atom stereocenters. The molecule has 1 saturated carbocycles. The number of rotatable bonds is 6. The van der Waals surface area contributed by atoms with Crippen LogP contribution >= 0.6 is 0 Å². The Bertz CT molecular complexity index is 913. The Morgan fingerprint density at radius 1 is 1.19 bits per heavy atom. The summed E-state index contributed by atoms with van der Waals surface area (Å²) in [6.45, 7) is 1.22. The first-order chi connectivity index (χ1) is 14.9. The van der Waals surface area contributed by atoms with Crippen LogP contribution in [0.3, 0.4) is 0 Å². The number of nitrogens with zero attached hydrogens (tertiary/aromatic N) is 3. The van der Waals surface area contributed by atoms with E-state index in [-0.39, 0.29) is 30.2 Å². The van der Waals surface area contributed by atoms with E-state index in [0.29, 0.717) is 25.9 Å². The molecule has 5 nitrogen and oxygen atoms in total. The molecule has 1 amide bonds. The number of pyridine rings is 1. The molecule has 8 heteroatoms. The van der Waals surface area contributed by atoms with E-state index in [1.807, 2.05) is 29.2 Å². The van der Waals surface area contributed by atoms with E-state index in [9.17, 15) is 18.0 Å². The number of ether oxygens (including phenoxy) is 1. The summed E-state index contributed by atoms with van der Waals surface area (Å²) in [4.78, 5) is 20.9. The van der Waals surface area contributed by atoms with Gasteiger partial charge in [-0.1, -0.05) is 12.1 Å².